The van der Waals surface area contributed by atoms with Gasteiger partial charge in [0.15, 0.2) is 6.61 Å². The third kappa shape index (κ3) is 6.63. The van der Waals surface area contributed by atoms with Gasteiger partial charge in [-0.1, -0.05) is 6.07 Å². The van der Waals surface area contributed by atoms with Crippen LogP contribution in [0.3, 0.4) is 0 Å². The average Bonchev–Trinajstić information content (AvgIpc) is 2.65. The zero-order valence-corrected chi connectivity index (χ0v) is 14.5. The molecule has 0 saturated carbocycles. The van der Waals surface area contributed by atoms with Crippen molar-refractivity contribution in [2.45, 2.75) is 6.92 Å². The molecule has 2 aromatic carbocycles. The predicted octanol–water partition coefficient (Wildman–Crippen LogP) is 2.67. The number of carbonyl (C=O) groups excluding carboxylic acids is 1. The summed E-state index contributed by atoms with van der Waals surface area (Å²) >= 11 is 0. The Kier molecular flexibility index (Phi) is 7.43. The topological polar surface area (TPSA) is 66.0 Å². The fraction of sp³-hybridized carbons (Fsp3) is 0.316. The molecular weight excluding hydrogens is 322 g/mol. The van der Waals surface area contributed by atoms with Gasteiger partial charge in [0.1, 0.15) is 29.6 Å². The molecule has 1 amide bonds. The summed E-state index contributed by atoms with van der Waals surface area (Å²) in [5, 5.41) is 2.74. The van der Waals surface area contributed by atoms with E-state index in [0.717, 1.165) is 11.5 Å². The first-order valence-corrected chi connectivity index (χ1v) is 8.10. The largest absolute Gasteiger partial charge is 0.497 e. The van der Waals surface area contributed by atoms with E-state index in [-0.39, 0.29) is 12.5 Å². The highest BCUT2D eigenvalue weighted by Gasteiger charge is 2.04. The fourth-order valence-corrected chi connectivity index (χ4v) is 2.05. The highest BCUT2D eigenvalue weighted by molar-refractivity contribution is 5.77. The molecule has 0 saturated heterocycles. The van der Waals surface area contributed by atoms with Crippen molar-refractivity contribution in [3.8, 4) is 23.0 Å². The van der Waals surface area contributed by atoms with Crippen LogP contribution >= 0.6 is 0 Å². The van der Waals surface area contributed by atoms with Crippen LogP contribution in [0.15, 0.2) is 48.5 Å². The summed E-state index contributed by atoms with van der Waals surface area (Å²) in [6, 6.07) is 14.5. The lowest BCUT2D eigenvalue weighted by Crippen LogP contribution is -2.32. The normalized spacial score (nSPS) is 10.0. The Hall–Kier alpha value is -2.89. The molecule has 6 nitrogen and oxygen atoms in total. The summed E-state index contributed by atoms with van der Waals surface area (Å²) in [4.78, 5) is 11.8. The van der Waals surface area contributed by atoms with Crippen LogP contribution in [0.2, 0.25) is 0 Å². The van der Waals surface area contributed by atoms with Crippen molar-refractivity contribution in [2.75, 3.05) is 33.5 Å². The number of amides is 1. The lowest BCUT2D eigenvalue weighted by atomic mass is 10.3. The number of hydrogen-bond donors (Lipinski definition) is 1. The van der Waals surface area contributed by atoms with E-state index in [4.69, 9.17) is 18.9 Å². The zero-order chi connectivity index (χ0) is 17.9. The molecule has 134 valence electrons. The van der Waals surface area contributed by atoms with Gasteiger partial charge in [0, 0.05) is 6.07 Å². The number of methoxy groups -OCH3 is 1. The van der Waals surface area contributed by atoms with Crippen molar-refractivity contribution in [3.63, 3.8) is 0 Å². The quantitative estimate of drug-likeness (QED) is 0.671. The molecule has 0 radical (unpaired) electrons. The van der Waals surface area contributed by atoms with Crippen LogP contribution in [0.1, 0.15) is 6.92 Å². The van der Waals surface area contributed by atoms with Crippen molar-refractivity contribution in [1.29, 1.82) is 0 Å². The van der Waals surface area contributed by atoms with Gasteiger partial charge in [0.05, 0.1) is 20.3 Å². The molecule has 2 aromatic rings. The van der Waals surface area contributed by atoms with Gasteiger partial charge < -0.3 is 24.3 Å². The minimum absolute atomic E-state index is 0.0574. The summed E-state index contributed by atoms with van der Waals surface area (Å²) < 4.78 is 21.4. The molecule has 0 aliphatic heterocycles. The monoisotopic (exact) mass is 345 g/mol. The smallest absolute Gasteiger partial charge is 0.258 e. The second kappa shape index (κ2) is 10.1. The SMILES string of the molecule is CCOc1cccc(OCC(=O)NCCOc2ccc(OC)cc2)c1. The van der Waals surface area contributed by atoms with E-state index in [9.17, 15) is 4.79 Å². The van der Waals surface area contributed by atoms with E-state index in [1.807, 2.05) is 43.3 Å². The second-order valence-electron chi connectivity index (χ2n) is 5.07. The first-order chi connectivity index (χ1) is 12.2. The third-order valence-corrected chi connectivity index (χ3v) is 3.24. The molecule has 0 fully saturated rings. The van der Waals surface area contributed by atoms with Gasteiger partial charge in [-0.25, -0.2) is 0 Å². The van der Waals surface area contributed by atoms with Crippen LogP contribution in [0, 0.1) is 0 Å². The van der Waals surface area contributed by atoms with Crippen molar-refractivity contribution in [1.82, 2.24) is 5.32 Å². The van der Waals surface area contributed by atoms with E-state index >= 15 is 0 Å². The number of nitrogens with one attached hydrogen (secondary N) is 1. The molecule has 2 rings (SSSR count). The van der Waals surface area contributed by atoms with Gasteiger partial charge in [0.2, 0.25) is 0 Å². The lowest BCUT2D eigenvalue weighted by Gasteiger charge is -2.10. The fourth-order valence-electron chi connectivity index (χ4n) is 2.05. The van der Waals surface area contributed by atoms with Gasteiger partial charge in [-0.05, 0) is 43.3 Å². The van der Waals surface area contributed by atoms with Crippen LogP contribution in [0.4, 0.5) is 0 Å². The van der Waals surface area contributed by atoms with Crippen LogP contribution in [-0.4, -0.2) is 39.4 Å². The molecule has 0 aromatic heterocycles. The Morgan fingerprint density at radius 3 is 2.28 bits per heavy atom. The predicted molar refractivity (Wildman–Crippen MR) is 94.6 cm³/mol. The van der Waals surface area contributed by atoms with Crippen LogP contribution in [0.25, 0.3) is 0 Å². The standard InChI is InChI=1S/C19H23NO5/c1-3-23-17-5-4-6-18(13-17)25-14-19(21)20-11-12-24-16-9-7-15(22-2)8-10-16/h4-10,13H,3,11-12,14H2,1-2H3,(H,20,21). The number of carbonyl (C=O) groups is 1. The summed E-state index contributed by atoms with van der Waals surface area (Å²) in [5.74, 6) is 2.59. The third-order valence-electron chi connectivity index (χ3n) is 3.24. The Labute approximate surface area is 147 Å². The molecule has 25 heavy (non-hydrogen) atoms. The van der Waals surface area contributed by atoms with Crippen molar-refractivity contribution in [2.24, 2.45) is 0 Å². The molecule has 6 heteroatoms. The maximum absolute atomic E-state index is 11.8. The van der Waals surface area contributed by atoms with Gasteiger partial charge in [0.25, 0.3) is 5.91 Å². The number of hydrogen-bond acceptors (Lipinski definition) is 5. The zero-order valence-electron chi connectivity index (χ0n) is 14.5. The second-order valence-corrected chi connectivity index (χ2v) is 5.07. The summed E-state index contributed by atoms with van der Waals surface area (Å²) in [6.45, 7) is 3.20. The van der Waals surface area contributed by atoms with E-state index in [1.54, 1.807) is 19.2 Å². The molecular formula is C19H23NO5. The molecule has 0 bridgehead atoms. The molecule has 0 aliphatic carbocycles. The average molecular weight is 345 g/mol. The summed E-state index contributed by atoms with van der Waals surface area (Å²) in [6.07, 6.45) is 0. The highest BCUT2D eigenvalue weighted by atomic mass is 16.5. The van der Waals surface area contributed by atoms with E-state index in [1.165, 1.54) is 0 Å². The van der Waals surface area contributed by atoms with Gasteiger partial charge in [-0.15, -0.1) is 0 Å². The minimum atomic E-state index is -0.208. The van der Waals surface area contributed by atoms with Crippen LogP contribution in [-0.2, 0) is 4.79 Å². The van der Waals surface area contributed by atoms with Gasteiger partial charge >= 0.3 is 0 Å². The van der Waals surface area contributed by atoms with Crippen LogP contribution in [0.5, 0.6) is 23.0 Å². The van der Waals surface area contributed by atoms with Crippen molar-refractivity contribution < 1.29 is 23.7 Å². The molecule has 0 aliphatic rings. The van der Waals surface area contributed by atoms with E-state index < -0.39 is 0 Å². The number of benzene rings is 2. The summed E-state index contributed by atoms with van der Waals surface area (Å²) in [7, 11) is 1.61. The van der Waals surface area contributed by atoms with Gasteiger partial charge in [-0.2, -0.15) is 0 Å². The maximum atomic E-state index is 11.8. The first kappa shape index (κ1) is 18.4. The Bertz CT molecular complexity index is 657. The van der Waals surface area contributed by atoms with E-state index in [2.05, 4.69) is 5.32 Å². The number of ether oxygens (including phenoxy) is 4. The molecule has 0 unspecified atom stereocenters. The maximum Gasteiger partial charge on any atom is 0.258 e. The van der Waals surface area contributed by atoms with Gasteiger partial charge in [-0.3, -0.25) is 4.79 Å². The van der Waals surface area contributed by atoms with Crippen molar-refractivity contribution in [3.05, 3.63) is 48.5 Å². The molecule has 0 heterocycles. The molecule has 0 spiro atoms. The Morgan fingerprint density at radius 1 is 0.920 bits per heavy atom. The van der Waals surface area contributed by atoms with Crippen molar-refractivity contribution >= 4 is 5.91 Å². The minimum Gasteiger partial charge on any atom is -0.497 e. The molecule has 1 N–H and O–H groups in total. The lowest BCUT2D eigenvalue weighted by molar-refractivity contribution is -0.123. The molecule has 0 atom stereocenters. The highest BCUT2D eigenvalue weighted by Crippen LogP contribution is 2.19. The number of rotatable bonds is 10. The Morgan fingerprint density at radius 2 is 1.60 bits per heavy atom. The van der Waals surface area contributed by atoms with Crippen LogP contribution < -0.4 is 24.3 Å². The first-order valence-electron chi connectivity index (χ1n) is 8.10. The Balaban J connectivity index is 1.64. The summed E-state index contributed by atoms with van der Waals surface area (Å²) in [5.41, 5.74) is 0. The van der Waals surface area contributed by atoms with E-state index in [0.29, 0.717) is 31.3 Å².